The van der Waals surface area contributed by atoms with Crippen molar-refractivity contribution in [2.24, 2.45) is 7.05 Å². The number of unbranched alkanes of at least 4 members (excludes halogenated alkanes) is 3. The highest BCUT2D eigenvalue weighted by atomic mass is 32.2. The van der Waals surface area contributed by atoms with E-state index < -0.39 is 0 Å². The Balaban J connectivity index is 2.09. The van der Waals surface area contributed by atoms with Crippen molar-refractivity contribution < 1.29 is 4.52 Å². The van der Waals surface area contributed by atoms with Crippen LogP contribution in [0.1, 0.15) is 63.5 Å². The van der Waals surface area contributed by atoms with Crippen molar-refractivity contribution in [3.05, 3.63) is 38.4 Å². The Kier molecular flexibility index (Phi) is 7.41. The molecular weight excluding hydrogens is 404 g/mol. The molecule has 3 rings (SSSR count). The molecule has 0 aliphatic rings. The second-order valence-corrected chi connectivity index (χ2v) is 8.24. The maximum Gasteiger partial charge on any atom is 0.332 e. The van der Waals surface area contributed by atoms with Crippen molar-refractivity contribution in [1.82, 2.24) is 29.2 Å². The van der Waals surface area contributed by atoms with Crippen molar-refractivity contribution >= 4 is 22.8 Å². The number of nitrogens with zero attached hydrogens (tertiary/aromatic N) is 6. The van der Waals surface area contributed by atoms with Crippen LogP contribution >= 0.6 is 11.8 Å². The van der Waals surface area contributed by atoms with Crippen molar-refractivity contribution in [2.75, 3.05) is 0 Å². The quantitative estimate of drug-likeness (QED) is 0.273. The minimum atomic E-state index is -0.385. The van der Waals surface area contributed by atoms with Crippen LogP contribution in [0.4, 0.5) is 0 Å². The highest BCUT2D eigenvalue weighted by Crippen LogP contribution is 2.26. The summed E-state index contributed by atoms with van der Waals surface area (Å²) < 4.78 is 7.90. The summed E-state index contributed by atoms with van der Waals surface area (Å²) in [5.74, 6) is 2.06. The third kappa shape index (κ3) is 4.80. The van der Waals surface area contributed by atoms with Gasteiger partial charge in [-0.05, 0) is 19.8 Å². The van der Waals surface area contributed by atoms with Crippen LogP contribution in [0.15, 0.2) is 19.1 Å². The summed E-state index contributed by atoms with van der Waals surface area (Å²) in [6, 6.07) is 0. The number of hydrogen-bond acceptors (Lipinski definition) is 8. The van der Waals surface area contributed by atoms with E-state index in [1.165, 1.54) is 18.8 Å². The van der Waals surface area contributed by atoms with E-state index in [2.05, 4.69) is 27.0 Å². The molecule has 0 bridgehead atoms. The molecular formula is C20H28N6O3S. The van der Waals surface area contributed by atoms with Crippen LogP contribution < -0.4 is 11.2 Å². The molecule has 0 aliphatic carbocycles. The first-order valence-corrected chi connectivity index (χ1v) is 11.4. The molecule has 30 heavy (non-hydrogen) atoms. The molecule has 9 nitrogen and oxygen atoms in total. The van der Waals surface area contributed by atoms with Gasteiger partial charge in [0.05, 0.1) is 5.75 Å². The Hall–Kier alpha value is -2.49. The summed E-state index contributed by atoms with van der Waals surface area (Å²) in [7, 11) is 1.49. The molecule has 10 heteroatoms. The molecule has 0 radical (unpaired) electrons. The number of rotatable bonds is 10. The van der Waals surface area contributed by atoms with Gasteiger partial charge in [-0.15, -0.1) is 0 Å². The minimum Gasteiger partial charge on any atom is -0.338 e. The zero-order valence-electron chi connectivity index (χ0n) is 18.0. The minimum absolute atomic E-state index is 0.353. The second kappa shape index (κ2) is 10.0. The van der Waals surface area contributed by atoms with E-state index in [1.807, 2.05) is 6.92 Å². The summed E-state index contributed by atoms with van der Waals surface area (Å²) in [6.45, 7) is 6.40. The lowest BCUT2D eigenvalue weighted by molar-refractivity contribution is 0.387. The fourth-order valence-electron chi connectivity index (χ4n) is 3.26. The first-order chi connectivity index (χ1) is 14.5. The van der Waals surface area contributed by atoms with Gasteiger partial charge in [0.15, 0.2) is 11.5 Å². The Morgan fingerprint density at radius 3 is 2.50 bits per heavy atom. The van der Waals surface area contributed by atoms with Crippen molar-refractivity contribution in [3.63, 3.8) is 0 Å². The molecule has 0 aliphatic heterocycles. The standard InChI is InChI=1S/C20H28N6O3S/c1-5-7-8-9-10-14-22-17-16(19(27)25(4)20(28)26(17)11-6-2)18(23-14)30-12-15-21-13(3)24-29-15/h5-12H2,1-4H3. The number of aromatic nitrogens is 6. The molecule has 0 spiro atoms. The first-order valence-electron chi connectivity index (χ1n) is 10.4. The maximum absolute atomic E-state index is 13.0. The van der Waals surface area contributed by atoms with Gasteiger partial charge in [0.25, 0.3) is 5.56 Å². The molecule has 0 fully saturated rings. The van der Waals surface area contributed by atoms with Gasteiger partial charge >= 0.3 is 5.69 Å². The summed E-state index contributed by atoms with van der Waals surface area (Å²) in [5.41, 5.74) is -0.327. The summed E-state index contributed by atoms with van der Waals surface area (Å²) in [5, 5.41) is 4.72. The molecule has 0 atom stereocenters. The van der Waals surface area contributed by atoms with Crippen LogP contribution in [0.5, 0.6) is 0 Å². The van der Waals surface area contributed by atoms with Gasteiger partial charge < -0.3 is 4.52 Å². The van der Waals surface area contributed by atoms with Crippen LogP contribution in [-0.4, -0.2) is 29.2 Å². The van der Waals surface area contributed by atoms with Gasteiger partial charge in [-0.3, -0.25) is 13.9 Å². The third-order valence-electron chi connectivity index (χ3n) is 4.80. The third-order valence-corrected chi connectivity index (χ3v) is 5.76. The lowest BCUT2D eigenvalue weighted by Crippen LogP contribution is -2.39. The van der Waals surface area contributed by atoms with E-state index in [0.29, 0.717) is 52.3 Å². The lowest BCUT2D eigenvalue weighted by atomic mass is 10.1. The molecule has 0 unspecified atom stereocenters. The monoisotopic (exact) mass is 432 g/mol. The Morgan fingerprint density at radius 2 is 1.83 bits per heavy atom. The van der Waals surface area contributed by atoms with Gasteiger partial charge in [0, 0.05) is 20.0 Å². The highest BCUT2D eigenvalue weighted by molar-refractivity contribution is 7.98. The number of thioether (sulfide) groups is 1. The number of hydrogen-bond donors (Lipinski definition) is 0. The smallest absolute Gasteiger partial charge is 0.332 e. The molecule has 3 aromatic heterocycles. The average Bonchev–Trinajstić information content (AvgIpc) is 3.16. The summed E-state index contributed by atoms with van der Waals surface area (Å²) >= 11 is 1.35. The van der Waals surface area contributed by atoms with Crippen molar-refractivity contribution in [2.45, 2.75) is 76.6 Å². The topological polar surface area (TPSA) is 109 Å². The first kappa shape index (κ1) is 22.2. The van der Waals surface area contributed by atoms with E-state index in [-0.39, 0.29) is 11.2 Å². The van der Waals surface area contributed by atoms with Crippen molar-refractivity contribution in [1.29, 1.82) is 0 Å². The molecule has 0 saturated heterocycles. The summed E-state index contributed by atoms with van der Waals surface area (Å²) in [4.78, 5) is 39.2. The predicted octanol–water partition coefficient (Wildman–Crippen LogP) is 3.01. The number of fused-ring (bicyclic) bond motifs is 1. The van der Waals surface area contributed by atoms with Gasteiger partial charge in [-0.1, -0.05) is 50.0 Å². The van der Waals surface area contributed by atoms with Gasteiger partial charge in [0.1, 0.15) is 16.2 Å². The normalized spacial score (nSPS) is 11.5. The molecule has 0 N–H and O–H groups in total. The average molecular weight is 433 g/mol. The Morgan fingerprint density at radius 1 is 1.03 bits per heavy atom. The molecule has 0 amide bonds. The molecule has 3 heterocycles. The SMILES string of the molecule is CCCCCCc1nc(SCc2nc(C)no2)c2c(=O)n(C)c(=O)n(CCC)c2n1. The van der Waals surface area contributed by atoms with Crippen LogP contribution in [0.2, 0.25) is 0 Å². The molecule has 162 valence electrons. The zero-order valence-corrected chi connectivity index (χ0v) is 18.8. The van der Waals surface area contributed by atoms with Crippen molar-refractivity contribution in [3.8, 4) is 0 Å². The van der Waals surface area contributed by atoms with Crippen LogP contribution in [0, 0.1) is 6.92 Å². The fourth-order valence-corrected chi connectivity index (χ4v) is 4.13. The van der Waals surface area contributed by atoms with Crippen LogP contribution in [0.3, 0.4) is 0 Å². The maximum atomic E-state index is 13.0. The van der Waals surface area contributed by atoms with E-state index in [0.717, 1.165) is 36.7 Å². The van der Waals surface area contributed by atoms with E-state index in [1.54, 1.807) is 11.5 Å². The van der Waals surface area contributed by atoms with Gasteiger partial charge in [0.2, 0.25) is 5.89 Å². The fraction of sp³-hybridized carbons (Fsp3) is 0.600. The zero-order chi connectivity index (χ0) is 21.7. The molecule has 0 aromatic carbocycles. The summed E-state index contributed by atoms with van der Waals surface area (Å²) in [6.07, 6.45) is 5.84. The highest BCUT2D eigenvalue weighted by Gasteiger charge is 2.19. The molecule has 3 aromatic rings. The Bertz CT molecular complexity index is 1130. The largest absolute Gasteiger partial charge is 0.338 e. The lowest BCUT2D eigenvalue weighted by Gasteiger charge is -2.13. The van der Waals surface area contributed by atoms with E-state index in [4.69, 9.17) is 4.52 Å². The number of aryl methyl sites for hydroxylation is 3. The van der Waals surface area contributed by atoms with Gasteiger partial charge in [-0.25, -0.2) is 14.8 Å². The van der Waals surface area contributed by atoms with Crippen LogP contribution in [0.25, 0.3) is 11.0 Å². The molecule has 0 saturated carbocycles. The van der Waals surface area contributed by atoms with Crippen LogP contribution in [-0.2, 0) is 25.8 Å². The predicted molar refractivity (Wildman–Crippen MR) is 116 cm³/mol. The van der Waals surface area contributed by atoms with Gasteiger partial charge in [-0.2, -0.15) is 4.98 Å². The Labute approximate surface area is 178 Å². The second-order valence-electron chi connectivity index (χ2n) is 7.28. The van der Waals surface area contributed by atoms with E-state index >= 15 is 0 Å². The van der Waals surface area contributed by atoms with E-state index in [9.17, 15) is 9.59 Å².